The SMILES string of the molecule is CC(C)(COC(C)(C)CCN=[N+]=[N-])NC(=O)CO. The van der Waals surface area contributed by atoms with Gasteiger partial charge in [-0.2, -0.15) is 0 Å². The second-order valence-corrected chi connectivity index (χ2v) is 5.34. The molecule has 0 spiro atoms. The van der Waals surface area contributed by atoms with E-state index in [1.54, 1.807) is 0 Å². The van der Waals surface area contributed by atoms with Crippen LogP contribution in [0.25, 0.3) is 10.4 Å². The van der Waals surface area contributed by atoms with Gasteiger partial charge in [0.1, 0.15) is 6.61 Å². The van der Waals surface area contributed by atoms with Gasteiger partial charge in [0, 0.05) is 11.5 Å². The van der Waals surface area contributed by atoms with Crippen molar-refractivity contribution in [3.05, 3.63) is 10.4 Å². The average Bonchev–Trinajstić information content (AvgIpc) is 2.26. The molecule has 0 bridgehead atoms. The van der Waals surface area contributed by atoms with Crippen LogP contribution in [0.4, 0.5) is 0 Å². The molecular formula is C11H22N4O3. The van der Waals surface area contributed by atoms with Gasteiger partial charge in [-0.15, -0.1) is 0 Å². The molecule has 0 unspecified atom stereocenters. The van der Waals surface area contributed by atoms with E-state index in [0.717, 1.165) is 0 Å². The first-order valence-electron chi connectivity index (χ1n) is 5.79. The van der Waals surface area contributed by atoms with Crippen molar-refractivity contribution in [1.82, 2.24) is 5.32 Å². The lowest BCUT2D eigenvalue weighted by molar-refractivity contribution is -0.127. The Hall–Kier alpha value is -1.30. The van der Waals surface area contributed by atoms with E-state index in [2.05, 4.69) is 15.3 Å². The summed E-state index contributed by atoms with van der Waals surface area (Å²) in [6.07, 6.45) is 0.598. The molecule has 0 aliphatic rings. The van der Waals surface area contributed by atoms with Gasteiger partial charge in [0.05, 0.1) is 17.7 Å². The Morgan fingerprint density at radius 1 is 1.44 bits per heavy atom. The fraction of sp³-hybridized carbons (Fsp3) is 0.909. The molecule has 0 aromatic rings. The van der Waals surface area contributed by atoms with Gasteiger partial charge in [-0.25, -0.2) is 0 Å². The Morgan fingerprint density at radius 2 is 2.06 bits per heavy atom. The second-order valence-electron chi connectivity index (χ2n) is 5.34. The van der Waals surface area contributed by atoms with Crippen molar-refractivity contribution in [2.45, 2.75) is 45.3 Å². The highest BCUT2D eigenvalue weighted by Crippen LogP contribution is 2.17. The van der Waals surface area contributed by atoms with E-state index in [1.165, 1.54) is 0 Å². The zero-order valence-corrected chi connectivity index (χ0v) is 11.4. The second kappa shape index (κ2) is 7.20. The summed E-state index contributed by atoms with van der Waals surface area (Å²) in [4.78, 5) is 13.8. The number of aliphatic hydroxyl groups is 1. The van der Waals surface area contributed by atoms with Crippen molar-refractivity contribution in [3.8, 4) is 0 Å². The number of nitrogens with zero attached hydrogens (tertiary/aromatic N) is 3. The molecule has 0 aliphatic heterocycles. The Balaban J connectivity index is 4.19. The fourth-order valence-electron chi connectivity index (χ4n) is 1.26. The Labute approximate surface area is 107 Å². The number of amides is 1. The van der Waals surface area contributed by atoms with Gasteiger partial charge < -0.3 is 15.2 Å². The highest BCUT2D eigenvalue weighted by Gasteiger charge is 2.25. The van der Waals surface area contributed by atoms with Crippen LogP contribution < -0.4 is 5.32 Å². The lowest BCUT2D eigenvalue weighted by atomic mass is 10.0. The van der Waals surface area contributed by atoms with Crippen molar-refractivity contribution in [2.75, 3.05) is 19.8 Å². The molecular weight excluding hydrogens is 236 g/mol. The normalized spacial score (nSPS) is 11.8. The summed E-state index contributed by atoms with van der Waals surface area (Å²) in [6, 6.07) is 0. The molecule has 0 aromatic heterocycles. The quantitative estimate of drug-likeness (QED) is 0.390. The first-order valence-corrected chi connectivity index (χ1v) is 5.79. The number of ether oxygens (including phenoxy) is 1. The van der Waals surface area contributed by atoms with Gasteiger partial charge in [0.2, 0.25) is 5.91 Å². The van der Waals surface area contributed by atoms with Gasteiger partial charge in [-0.05, 0) is 39.6 Å². The summed E-state index contributed by atoms with van der Waals surface area (Å²) in [6.45, 7) is 7.54. The van der Waals surface area contributed by atoms with E-state index >= 15 is 0 Å². The van der Waals surface area contributed by atoms with Crippen LogP contribution in [-0.2, 0) is 9.53 Å². The lowest BCUT2D eigenvalue weighted by Crippen LogP contribution is -2.49. The van der Waals surface area contributed by atoms with Crippen LogP contribution in [0.1, 0.15) is 34.1 Å². The maximum Gasteiger partial charge on any atom is 0.246 e. The largest absolute Gasteiger partial charge is 0.387 e. The molecule has 0 saturated heterocycles. The summed E-state index contributed by atoms with van der Waals surface area (Å²) in [5.41, 5.74) is 7.20. The van der Waals surface area contributed by atoms with Crippen LogP contribution in [0.3, 0.4) is 0 Å². The third-order valence-corrected chi connectivity index (χ3v) is 2.32. The van der Waals surface area contributed by atoms with Crippen LogP contribution >= 0.6 is 0 Å². The van der Waals surface area contributed by atoms with Crippen molar-refractivity contribution in [3.63, 3.8) is 0 Å². The van der Waals surface area contributed by atoms with Crippen LogP contribution in [-0.4, -0.2) is 41.9 Å². The van der Waals surface area contributed by atoms with Gasteiger partial charge in [-0.1, -0.05) is 5.11 Å². The minimum absolute atomic E-state index is 0.308. The summed E-state index contributed by atoms with van der Waals surface area (Å²) in [5, 5.41) is 14.8. The number of hydrogen-bond acceptors (Lipinski definition) is 4. The fourth-order valence-corrected chi connectivity index (χ4v) is 1.26. The van der Waals surface area contributed by atoms with E-state index in [0.29, 0.717) is 19.6 Å². The van der Waals surface area contributed by atoms with Crippen molar-refractivity contribution < 1.29 is 14.6 Å². The van der Waals surface area contributed by atoms with Gasteiger partial charge in [-0.3, -0.25) is 4.79 Å². The summed E-state index contributed by atoms with van der Waals surface area (Å²) in [7, 11) is 0. The van der Waals surface area contributed by atoms with Crippen LogP contribution in [0.5, 0.6) is 0 Å². The molecule has 2 N–H and O–H groups in total. The Bertz CT molecular complexity index is 322. The van der Waals surface area contributed by atoms with Crippen molar-refractivity contribution >= 4 is 5.91 Å². The van der Waals surface area contributed by atoms with E-state index in [4.69, 9.17) is 15.4 Å². The molecule has 0 aliphatic carbocycles. The van der Waals surface area contributed by atoms with Gasteiger partial charge in [0.25, 0.3) is 0 Å². The minimum Gasteiger partial charge on any atom is -0.387 e. The maximum atomic E-state index is 11.1. The highest BCUT2D eigenvalue weighted by atomic mass is 16.5. The van der Waals surface area contributed by atoms with E-state index in [9.17, 15) is 4.79 Å². The minimum atomic E-state index is -0.560. The van der Waals surface area contributed by atoms with E-state index in [1.807, 2.05) is 27.7 Å². The first kappa shape index (κ1) is 16.7. The topological polar surface area (TPSA) is 107 Å². The standard InChI is InChI=1S/C11H22N4O3/c1-10(2,14-9(17)7-16)8-18-11(3,4)5-6-13-15-12/h16H,5-8H2,1-4H3,(H,14,17). The maximum absolute atomic E-state index is 11.1. The number of azide groups is 1. The molecule has 0 rings (SSSR count). The zero-order valence-electron chi connectivity index (χ0n) is 11.4. The summed E-state index contributed by atoms with van der Waals surface area (Å²) in [5.74, 6) is -0.435. The molecule has 0 heterocycles. The molecule has 7 nitrogen and oxygen atoms in total. The Kier molecular flexibility index (Phi) is 6.68. The van der Waals surface area contributed by atoms with E-state index < -0.39 is 23.7 Å². The van der Waals surface area contributed by atoms with Crippen molar-refractivity contribution in [1.29, 1.82) is 0 Å². The highest BCUT2D eigenvalue weighted by molar-refractivity contribution is 5.77. The summed E-state index contributed by atoms with van der Waals surface area (Å²) >= 11 is 0. The zero-order chi connectivity index (χ0) is 14.2. The predicted molar refractivity (Wildman–Crippen MR) is 68.0 cm³/mol. The number of aliphatic hydroxyl groups excluding tert-OH is 1. The van der Waals surface area contributed by atoms with E-state index in [-0.39, 0.29) is 0 Å². The number of hydrogen-bond donors (Lipinski definition) is 2. The molecule has 104 valence electrons. The first-order chi connectivity index (χ1) is 8.22. The molecule has 0 saturated carbocycles. The summed E-state index contributed by atoms with van der Waals surface area (Å²) < 4.78 is 5.71. The number of rotatable bonds is 8. The molecule has 18 heavy (non-hydrogen) atoms. The van der Waals surface area contributed by atoms with Crippen LogP contribution in [0.2, 0.25) is 0 Å². The molecule has 0 radical (unpaired) electrons. The smallest absolute Gasteiger partial charge is 0.246 e. The van der Waals surface area contributed by atoms with Crippen LogP contribution in [0.15, 0.2) is 5.11 Å². The Morgan fingerprint density at radius 3 is 2.56 bits per heavy atom. The molecule has 1 amide bonds. The number of carbonyl (C=O) groups excluding carboxylic acids is 1. The molecule has 7 heteroatoms. The molecule has 0 atom stereocenters. The predicted octanol–water partition coefficient (Wildman–Crippen LogP) is 1.37. The number of carbonyl (C=O) groups is 1. The lowest BCUT2D eigenvalue weighted by Gasteiger charge is -2.32. The van der Waals surface area contributed by atoms with Crippen LogP contribution in [0, 0.1) is 0 Å². The van der Waals surface area contributed by atoms with Gasteiger partial charge >= 0.3 is 0 Å². The van der Waals surface area contributed by atoms with Crippen molar-refractivity contribution in [2.24, 2.45) is 5.11 Å². The third kappa shape index (κ3) is 7.89. The monoisotopic (exact) mass is 258 g/mol. The molecule has 0 fully saturated rings. The average molecular weight is 258 g/mol. The third-order valence-electron chi connectivity index (χ3n) is 2.32. The number of nitrogens with one attached hydrogen (secondary N) is 1. The molecule has 0 aromatic carbocycles. The van der Waals surface area contributed by atoms with Gasteiger partial charge in [0.15, 0.2) is 0 Å².